The van der Waals surface area contributed by atoms with Crippen LogP contribution in [0.1, 0.15) is 15.9 Å². The predicted molar refractivity (Wildman–Crippen MR) is 164 cm³/mol. The second kappa shape index (κ2) is 11.4. The molecule has 0 aliphatic carbocycles. The summed E-state index contributed by atoms with van der Waals surface area (Å²) < 4.78 is 0. The third kappa shape index (κ3) is 4.92. The van der Waals surface area contributed by atoms with Gasteiger partial charge in [-0.2, -0.15) is 0 Å². The second-order valence-electron chi connectivity index (χ2n) is 9.44. The number of amides is 1. The molecule has 39 heavy (non-hydrogen) atoms. The van der Waals surface area contributed by atoms with Crippen molar-refractivity contribution < 1.29 is 9.59 Å². The van der Waals surface area contributed by atoms with E-state index in [0.717, 1.165) is 21.5 Å². The first kappa shape index (κ1) is 26.6. The van der Waals surface area contributed by atoms with Crippen LogP contribution in [0.2, 0.25) is 0 Å². The second-order valence-corrected chi connectivity index (χ2v) is 15.8. The number of hydrogen-bond acceptors (Lipinski definition) is 2. The van der Waals surface area contributed by atoms with E-state index in [1.807, 2.05) is 140 Å². The first-order valence-corrected chi connectivity index (χ1v) is 16.1. The molecule has 1 amide bonds. The van der Waals surface area contributed by atoms with Crippen molar-refractivity contribution >= 4 is 44.8 Å². The van der Waals surface area contributed by atoms with E-state index >= 15 is 0 Å². The van der Waals surface area contributed by atoms with Gasteiger partial charge in [0.05, 0.1) is 0 Å². The number of nitrogens with one attached hydrogen (secondary N) is 1. The fourth-order valence-corrected chi connectivity index (χ4v) is 11.7. The Bertz CT molecular complexity index is 1450. The van der Waals surface area contributed by atoms with Crippen LogP contribution in [-0.4, -0.2) is 17.5 Å². The zero-order valence-electron chi connectivity index (χ0n) is 21.4. The molecule has 0 fully saturated rings. The van der Waals surface area contributed by atoms with E-state index in [9.17, 15) is 9.59 Å². The molecule has 0 radical (unpaired) electrons. The average molecular weight is 550 g/mol. The molecule has 3 nitrogen and oxygen atoms in total. The standard InChI is InChI=1S/C34H29ClNO2P/c35-39(29-20-10-3-11-21-29,30-22-12-4-13-23-30,31-24-14-5-15-25-31)34(33(38)28-18-8-2-9-19-28)36-32(37)26-27-16-6-1-7-17-27/h1-25,34H,26H2,(H,36,37). The van der Waals surface area contributed by atoms with Gasteiger partial charge in [-0.3, -0.25) is 0 Å². The summed E-state index contributed by atoms with van der Waals surface area (Å²) in [6.07, 6.45) is 0.126. The summed E-state index contributed by atoms with van der Waals surface area (Å²) >= 11 is 8.33. The fraction of sp³-hybridized carbons (Fsp3) is 0.0588. The van der Waals surface area contributed by atoms with Crippen LogP contribution in [0.25, 0.3) is 0 Å². The number of halogens is 1. The number of ketones is 1. The van der Waals surface area contributed by atoms with Gasteiger partial charge in [0.1, 0.15) is 0 Å². The van der Waals surface area contributed by atoms with Crippen LogP contribution in [0.4, 0.5) is 0 Å². The first-order valence-electron chi connectivity index (χ1n) is 12.8. The SMILES string of the molecule is O=C(Cc1ccccc1)NC(C(=O)c1ccccc1)P(Cl)(c1ccccc1)(c1ccccc1)c1ccccc1. The van der Waals surface area contributed by atoms with Crippen LogP contribution >= 0.6 is 17.2 Å². The van der Waals surface area contributed by atoms with E-state index in [2.05, 4.69) is 5.32 Å². The molecule has 1 atom stereocenters. The molecule has 0 aliphatic rings. The topological polar surface area (TPSA) is 46.2 Å². The van der Waals surface area contributed by atoms with E-state index < -0.39 is 11.7 Å². The van der Waals surface area contributed by atoms with Crippen molar-refractivity contribution in [3.63, 3.8) is 0 Å². The number of rotatable bonds is 9. The zero-order chi connectivity index (χ0) is 27.2. The molecule has 0 heterocycles. The van der Waals surface area contributed by atoms with Crippen LogP contribution in [0.5, 0.6) is 0 Å². The van der Waals surface area contributed by atoms with E-state index in [0.29, 0.717) is 5.56 Å². The zero-order valence-corrected chi connectivity index (χ0v) is 23.0. The molecule has 5 heteroatoms. The summed E-state index contributed by atoms with van der Waals surface area (Å²) in [5, 5.41) is 5.59. The molecular formula is C34H29ClNO2P. The van der Waals surface area contributed by atoms with Gasteiger partial charge in [-0.05, 0) is 0 Å². The molecule has 194 valence electrons. The first-order chi connectivity index (χ1) is 19.0. The van der Waals surface area contributed by atoms with Gasteiger partial charge in [0.15, 0.2) is 0 Å². The summed E-state index contributed by atoms with van der Waals surface area (Å²) in [4.78, 5) is 28.4. The van der Waals surface area contributed by atoms with E-state index in [4.69, 9.17) is 11.2 Å². The van der Waals surface area contributed by atoms with Crippen molar-refractivity contribution in [2.75, 3.05) is 0 Å². The third-order valence-electron chi connectivity index (χ3n) is 7.08. The fourth-order valence-electron chi connectivity index (χ4n) is 5.20. The average Bonchev–Trinajstić information content (AvgIpc) is 3.01. The Labute approximate surface area is 234 Å². The van der Waals surface area contributed by atoms with Gasteiger partial charge in [-0.1, -0.05) is 0 Å². The van der Waals surface area contributed by atoms with Crippen LogP contribution in [0.15, 0.2) is 152 Å². The van der Waals surface area contributed by atoms with Crippen molar-refractivity contribution in [1.29, 1.82) is 0 Å². The summed E-state index contributed by atoms with van der Waals surface area (Å²) in [7, 11) is 0. The Morgan fingerprint density at radius 1 is 0.564 bits per heavy atom. The molecule has 5 rings (SSSR count). The van der Waals surface area contributed by atoms with Gasteiger partial charge in [0.2, 0.25) is 0 Å². The normalized spacial score (nSPS) is 13.0. The number of hydrogen-bond donors (Lipinski definition) is 1. The van der Waals surface area contributed by atoms with Crippen molar-refractivity contribution in [2.45, 2.75) is 12.2 Å². The Morgan fingerprint density at radius 3 is 1.33 bits per heavy atom. The molecule has 0 saturated heterocycles. The van der Waals surface area contributed by atoms with Crippen molar-refractivity contribution in [1.82, 2.24) is 5.32 Å². The van der Waals surface area contributed by atoms with Crippen molar-refractivity contribution in [3.8, 4) is 0 Å². The Morgan fingerprint density at radius 2 is 0.923 bits per heavy atom. The van der Waals surface area contributed by atoms with Gasteiger partial charge >= 0.3 is 235 Å². The maximum absolute atomic E-state index is 14.6. The minimum absolute atomic E-state index is 0.126. The molecule has 0 aromatic heterocycles. The summed E-state index contributed by atoms with van der Waals surface area (Å²) in [6.45, 7) is 0. The van der Waals surface area contributed by atoms with Gasteiger partial charge in [0.25, 0.3) is 0 Å². The minimum atomic E-state index is -4.22. The summed E-state index contributed by atoms with van der Waals surface area (Å²) in [6, 6.07) is 47.8. The molecular weight excluding hydrogens is 521 g/mol. The Hall–Kier alpha value is -4.04. The quantitative estimate of drug-likeness (QED) is 0.175. The number of carbonyl (C=O) groups is 2. The van der Waals surface area contributed by atoms with Crippen LogP contribution in [0, 0.1) is 0 Å². The van der Waals surface area contributed by atoms with Crippen LogP contribution < -0.4 is 21.2 Å². The summed E-state index contributed by atoms with van der Waals surface area (Å²) in [5.41, 5.74) is 1.34. The van der Waals surface area contributed by atoms with Crippen LogP contribution in [0.3, 0.4) is 0 Å². The number of Topliss-reactive ketones (excluding diaryl/α,β-unsaturated/α-hetero) is 1. The molecule has 5 aromatic carbocycles. The van der Waals surface area contributed by atoms with E-state index in [1.54, 1.807) is 12.1 Å². The van der Waals surface area contributed by atoms with Gasteiger partial charge < -0.3 is 0 Å². The Kier molecular flexibility index (Phi) is 7.74. The molecule has 0 bridgehead atoms. The van der Waals surface area contributed by atoms with Gasteiger partial charge in [0, 0.05) is 0 Å². The van der Waals surface area contributed by atoms with Gasteiger partial charge in [-0.25, -0.2) is 0 Å². The molecule has 1 N–H and O–H groups in total. The van der Waals surface area contributed by atoms with Gasteiger partial charge in [-0.15, -0.1) is 0 Å². The van der Waals surface area contributed by atoms with Crippen molar-refractivity contribution in [3.05, 3.63) is 163 Å². The number of carbonyl (C=O) groups excluding carboxylic acids is 2. The molecule has 0 spiro atoms. The third-order valence-corrected chi connectivity index (χ3v) is 14.7. The maximum atomic E-state index is 14.6. The molecule has 1 unspecified atom stereocenters. The predicted octanol–water partition coefficient (Wildman–Crippen LogP) is 6.24. The van der Waals surface area contributed by atoms with Crippen LogP contribution in [-0.2, 0) is 11.2 Å². The van der Waals surface area contributed by atoms with E-state index in [1.165, 1.54) is 0 Å². The monoisotopic (exact) mass is 549 g/mol. The molecule has 5 aromatic rings. The van der Waals surface area contributed by atoms with Crippen molar-refractivity contribution in [2.24, 2.45) is 0 Å². The van der Waals surface area contributed by atoms with E-state index in [-0.39, 0.29) is 18.1 Å². The number of benzene rings is 5. The Balaban J connectivity index is 1.81. The molecule has 0 saturated carbocycles. The molecule has 0 aliphatic heterocycles. The summed E-state index contributed by atoms with van der Waals surface area (Å²) in [5.74, 6) is -5.79.